The van der Waals surface area contributed by atoms with Crippen LogP contribution in [0, 0.1) is 0 Å². The molecule has 0 unspecified atom stereocenters. The van der Waals surface area contributed by atoms with Crippen molar-refractivity contribution in [2.45, 2.75) is 33.1 Å². The van der Waals surface area contributed by atoms with Crippen LogP contribution >= 0.6 is 0 Å². The molecule has 0 spiro atoms. The maximum atomic E-state index is 12.7. The van der Waals surface area contributed by atoms with Crippen LogP contribution in [0.25, 0.3) is 32.7 Å². The average molecular weight is 931 g/mol. The molecule has 0 bridgehead atoms. The molecule has 7 rings (SSSR count). The van der Waals surface area contributed by atoms with Crippen LogP contribution in [0.5, 0.6) is 23.0 Å². The van der Waals surface area contributed by atoms with E-state index in [2.05, 4.69) is 50.6 Å². The van der Waals surface area contributed by atoms with Gasteiger partial charge in [0.1, 0.15) is 52.9 Å². The van der Waals surface area contributed by atoms with Crippen molar-refractivity contribution in [3.8, 4) is 34.1 Å². The number of rotatable bonds is 22. The van der Waals surface area contributed by atoms with Gasteiger partial charge >= 0.3 is 23.9 Å². The first-order valence-corrected chi connectivity index (χ1v) is 22.4. The Hall–Kier alpha value is -8.12. The van der Waals surface area contributed by atoms with E-state index in [1.54, 1.807) is 27.7 Å². The number of carbonyl (C=O) groups excluding carboxylic acids is 4. The smallest absolute Gasteiger partial charge is 0.333 e. The summed E-state index contributed by atoms with van der Waals surface area (Å²) in [5, 5.41) is 3.13. The fourth-order valence-corrected chi connectivity index (χ4v) is 8.37. The lowest BCUT2D eigenvalue weighted by Gasteiger charge is -2.38. The fourth-order valence-electron chi connectivity index (χ4n) is 8.37. The summed E-state index contributed by atoms with van der Waals surface area (Å²) in [5.41, 5.74) is 4.49. The highest BCUT2D eigenvalue weighted by atomic mass is 16.6. The maximum absolute atomic E-state index is 12.7. The normalized spacial score (nSPS) is 11.9. The minimum atomic E-state index is -1.35. The molecule has 0 radical (unpaired) electrons. The molecular formula is C57H54O12. The summed E-state index contributed by atoms with van der Waals surface area (Å²) >= 11 is 0. The van der Waals surface area contributed by atoms with Crippen LogP contribution in [0.2, 0.25) is 0 Å². The minimum Gasteiger partial charge on any atom is -0.486 e. The summed E-state index contributed by atoms with van der Waals surface area (Å²) in [5.74, 6) is -1.02. The molecule has 1 aliphatic rings. The number of fused-ring (bicyclic) bond motifs is 5. The lowest BCUT2D eigenvalue weighted by molar-refractivity contribution is -0.140. The second kappa shape index (κ2) is 21.7. The second-order valence-corrected chi connectivity index (χ2v) is 16.5. The predicted molar refractivity (Wildman–Crippen MR) is 264 cm³/mol. The molecule has 0 amide bonds. The van der Waals surface area contributed by atoms with Gasteiger partial charge in [0.2, 0.25) is 0 Å². The van der Waals surface area contributed by atoms with Crippen LogP contribution in [0.1, 0.15) is 49.9 Å². The molecule has 0 heterocycles. The van der Waals surface area contributed by atoms with Gasteiger partial charge in [-0.05, 0) is 83.6 Å². The summed E-state index contributed by atoms with van der Waals surface area (Å²) in [6.45, 7) is 20.3. The third kappa shape index (κ3) is 10.3. The Morgan fingerprint density at radius 3 is 1.06 bits per heavy atom. The topological polar surface area (TPSA) is 142 Å². The zero-order valence-corrected chi connectivity index (χ0v) is 39.3. The van der Waals surface area contributed by atoms with Gasteiger partial charge in [-0.2, -0.15) is 0 Å². The van der Waals surface area contributed by atoms with Crippen molar-refractivity contribution in [2.24, 2.45) is 0 Å². The lowest BCUT2D eigenvalue weighted by atomic mass is 9.64. The Bertz CT molecular complexity index is 2810. The summed E-state index contributed by atoms with van der Waals surface area (Å²) in [6, 6.07) is 35.7. The molecular weight excluding hydrogens is 877 g/mol. The van der Waals surface area contributed by atoms with Gasteiger partial charge in [0.15, 0.2) is 23.0 Å². The standard InChI is InChI=1S/C57H54O12/c1-35(2)53(58)66-29-25-62-47-33-39-17-9-11-19-41(39)49(51(47)64-27-31-68-55(60)37(5)6)57(45-23-15-13-21-43(45)44-22-14-16-24-46(44)57)50-42-20-12-10-18-40(42)34-48(63-26-30-67-54(59)36(3)4)52(50)65-28-32-69-56(61)38(7)8/h9-24,33-34H,1,3,5,7,25-32H2,2,4,6,8H3. The highest BCUT2D eigenvalue weighted by molar-refractivity contribution is 6.02. The molecule has 0 atom stereocenters. The van der Waals surface area contributed by atoms with Gasteiger partial charge in [-0.25, -0.2) is 19.2 Å². The molecule has 6 aromatic rings. The molecule has 0 N–H and O–H groups in total. The molecule has 0 saturated carbocycles. The maximum Gasteiger partial charge on any atom is 0.333 e. The molecule has 0 aliphatic heterocycles. The van der Waals surface area contributed by atoms with Crippen molar-refractivity contribution < 1.29 is 57.1 Å². The van der Waals surface area contributed by atoms with E-state index in [0.29, 0.717) is 34.1 Å². The Morgan fingerprint density at radius 1 is 0.406 bits per heavy atom. The van der Waals surface area contributed by atoms with Crippen molar-refractivity contribution in [1.82, 2.24) is 0 Å². The van der Waals surface area contributed by atoms with E-state index in [1.165, 1.54) is 0 Å². The summed E-state index contributed by atoms with van der Waals surface area (Å²) in [6.07, 6.45) is 0. The van der Waals surface area contributed by atoms with E-state index in [-0.39, 0.29) is 75.1 Å². The quantitative estimate of drug-likeness (QED) is 0.0276. The van der Waals surface area contributed by atoms with Gasteiger partial charge < -0.3 is 37.9 Å². The second-order valence-electron chi connectivity index (χ2n) is 16.5. The molecule has 0 aromatic heterocycles. The Balaban J connectivity index is 1.58. The Kier molecular flexibility index (Phi) is 15.3. The van der Waals surface area contributed by atoms with E-state index in [4.69, 9.17) is 37.9 Å². The largest absolute Gasteiger partial charge is 0.486 e. The number of carbonyl (C=O) groups is 4. The molecule has 12 nitrogen and oxygen atoms in total. The van der Waals surface area contributed by atoms with Crippen LogP contribution in [-0.4, -0.2) is 76.7 Å². The van der Waals surface area contributed by atoms with Crippen LogP contribution in [0.3, 0.4) is 0 Å². The summed E-state index contributed by atoms with van der Waals surface area (Å²) < 4.78 is 49.1. The van der Waals surface area contributed by atoms with Gasteiger partial charge in [0.25, 0.3) is 0 Å². The Morgan fingerprint density at radius 2 is 0.710 bits per heavy atom. The number of esters is 4. The monoisotopic (exact) mass is 930 g/mol. The van der Waals surface area contributed by atoms with Crippen LogP contribution in [-0.2, 0) is 43.5 Å². The first kappa shape index (κ1) is 48.8. The third-order valence-electron chi connectivity index (χ3n) is 11.3. The van der Waals surface area contributed by atoms with Gasteiger partial charge in [0, 0.05) is 33.4 Å². The molecule has 1 aliphatic carbocycles. The summed E-state index contributed by atoms with van der Waals surface area (Å²) in [7, 11) is 0. The number of ether oxygens (including phenoxy) is 8. The van der Waals surface area contributed by atoms with Crippen LogP contribution in [0.4, 0.5) is 0 Å². The first-order chi connectivity index (χ1) is 33.2. The number of benzene rings is 6. The predicted octanol–water partition coefficient (Wildman–Crippen LogP) is 10.3. The molecule has 354 valence electrons. The van der Waals surface area contributed by atoms with Gasteiger partial charge in [-0.1, -0.05) is 123 Å². The van der Waals surface area contributed by atoms with Crippen molar-refractivity contribution >= 4 is 45.4 Å². The Labute approximate surface area is 401 Å². The fraction of sp³-hybridized carbons (Fsp3) is 0.228. The van der Waals surface area contributed by atoms with E-state index in [1.807, 2.05) is 84.9 Å². The van der Waals surface area contributed by atoms with Crippen LogP contribution < -0.4 is 18.9 Å². The van der Waals surface area contributed by atoms with Gasteiger partial charge in [-0.3, -0.25) is 0 Å². The third-order valence-corrected chi connectivity index (χ3v) is 11.3. The zero-order chi connectivity index (χ0) is 49.2. The number of hydrogen-bond acceptors (Lipinski definition) is 12. The average Bonchev–Trinajstić information content (AvgIpc) is 3.63. The molecule has 6 aromatic carbocycles. The van der Waals surface area contributed by atoms with E-state index in [9.17, 15) is 19.2 Å². The van der Waals surface area contributed by atoms with E-state index < -0.39 is 29.3 Å². The molecule has 0 saturated heterocycles. The van der Waals surface area contributed by atoms with Crippen molar-refractivity contribution in [3.05, 3.63) is 180 Å². The lowest BCUT2D eigenvalue weighted by Crippen LogP contribution is -2.32. The van der Waals surface area contributed by atoms with Gasteiger partial charge in [-0.15, -0.1) is 0 Å². The first-order valence-electron chi connectivity index (χ1n) is 22.4. The molecule has 0 fully saturated rings. The van der Waals surface area contributed by atoms with Crippen LogP contribution in [0.15, 0.2) is 158 Å². The van der Waals surface area contributed by atoms with Crippen molar-refractivity contribution in [3.63, 3.8) is 0 Å². The molecule has 12 heteroatoms. The van der Waals surface area contributed by atoms with Gasteiger partial charge in [0.05, 0.1) is 5.41 Å². The SMILES string of the molecule is C=C(C)C(=O)OCCOc1cc2ccccc2c(C2(c3c(OCCOC(=O)C(=C)C)c(OCCOC(=O)C(=C)C)cc4ccccc34)c3ccccc3-c3ccccc32)c1OCCOC(=O)C(=C)C. The molecule has 69 heavy (non-hydrogen) atoms. The van der Waals surface area contributed by atoms with Crippen molar-refractivity contribution in [2.75, 3.05) is 52.9 Å². The zero-order valence-electron chi connectivity index (χ0n) is 39.3. The summed E-state index contributed by atoms with van der Waals surface area (Å²) in [4.78, 5) is 50.3. The van der Waals surface area contributed by atoms with Crippen molar-refractivity contribution in [1.29, 1.82) is 0 Å². The minimum absolute atomic E-state index is 0.0581. The highest BCUT2D eigenvalue weighted by Gasteiger charge is 2.52. The van der Waals surface area contributed by atoms with E-state index >= 15 is 0 Å². The highest BCUT2D eigenvalue weighted by Crippen LogP contribution is 2.64. The van der Waals surface area contributed by atoms with E-state index in [0.717, 1.165) is 43.8 Å². The number of hydrogen-bond donors (Lipinski definition) is 0.